The van der Waals surface area contributed by atoms with Crippen LogP contribution < -0.4 is 0 Å². The maximum absolute atomic E-state index is 13.4. The Morgan fingerprint density at radius 3 is 2.22 bits per heavy atom. The molecule has 1 unspecified atom stereocenters. The molecular formula is C31H48O6. The number of Topliss-reactive ketones (excluding diaryl/α,β-unsaturated/α-hetero) is 1. The number of aromatic hydroxyl groups is 1. The standard InChI is InChI=1S/C31H48O6/c1-8-22(9-2)13-12-14-23(10-3)30(35)25(11-4)29(34)21(7)27(32)19(5)15-17-24-18-16-20(6)28(33)26(24)31(36)37/h8,14,16,18-19,21,25,27,30,32-33,35H,9-13,15,17H2,1-7H3,(H,36,37)/b22-8+,23-14+/t19-,21-,25+,27+,30?/m1/s1. The lowest BCUT2D eigenvalue weighted by Crippen LogP contribution is -2.39. The average Bonchev–Trinajstić information content (AvgIpc) is 2.88. The van der Waals surface area contributed by atoms with Gasteiger partial charge in [0.2, 0.25) is 0 Å². The number of ketones is 1. The zero-order valence-electron chi connectivity index (χ0n) is 23.8. The molecule has 0 amide bonds. The minimum atomic E-state index is -1.19. The molecule has 1 aromatic carbocycles. The van der Waals surface area contributed by atoms with Crippen molar-refractivity contribution in [3.05, 3.63) is 52.1 Å². The number of carboxylic acid groups (broad SMARTS) is 1. The third-order valence-corrected chi connectivity index (χ3v) is 7.80. The first-order chi connectivity index (χ1) is 17.4. The van der Waals surface area contributed by atoms with Crippen LogP contribution in [-0.4, -0.2) is 44.4 Å². The number of hydrogen-bond donors (Lipinski definition) is 4. The Morgan fingerprint density at radius 1 is 1.05 bits per heavy atom. The number of carbonyl (C=O) groups is 2. The summed E-state index contributed by atoms with van der Waals surface area (Å²) in [5.41, 5.74) is 3.11. The van der Waals surface area contributed by atoms with Crippen molar-refractivity contribution in [2.75, 3.05) is 0 Å². The van der Waals surface area contributed by atoms with Crippen molar-refractivity contribution in [1.82, 2.24) is 0 Å². The summed E-state index contributed by atoms with van der Waals surface area (Å²) >= 11 is 0. The normalized spacial score (nSPS) is 16.7. The Kier molecular flexibility index (Phi) is 13.9. The van der Waals surface area contributed by atoms with Gasteiger partial charge in [-0.1, -0.05) is 64.5 Å². The Morgan fingerprint density at radius 2 is 1.70 bits per heavy atom. The Labute approximate surface area is 223 Å². The van der Waals surface area contributed by atoms with E-state index in [-0.39, 0.29) is 23.0 Å². The summed E-state index contributed by atoms with van der Waals surface area (Å²) in [5.74, 6) is -3.14. The van der Waals surface area contributed by atoms with Gasteiger partial charge in [-0.15, -0.1) is 0 Å². The first-order valence-corrected chi connectivity index (χ1v) is 13.7. The number of aryl methyl sites for hydroxylation is 2. The van der Waals surface area contributed by atoms with E-state index < -0.39 is 30.0 Å². The van der Waals surface area contributed by atoms with Crippen LogP contribution in [0.15, 0.2) is 35.4 Å². The number of rotatable bonds is 16. The molecular weight excluding hydrogens is 468 g/mol. The highest BCUT2D eigenvalue weighted by molar-refractivity contribution is 5.93. The van der Waals surface area contributed by atoms with E-state index in [1.165, 1.54) is 5.57 Å². The van der Waals surface area contributed by atoms with E-state index in [9.17, 15) is 30.0 Å². The molecule has 1 aromatic rings. The van der Waals surface area contributed by atoms with Crippen molar-refractivity contribution in [3.8, 4) is 5.75 Å². The van der Waals surface area contributed by atoms with Crippen molar-refractivity contribution in [3.63, 3.8) is 0 Å². The van der Waals surface area contributed by atoms with Crippen LogP contribution in [0.25, 0.3) is 0 Å². The van der Waals surface area contributed by atoms with E-state index >= 15 is 0 Å². The van der Waals surface area contributed by atoms with E-state index in [1.807, 2.05) is 27.7 Å². The number of hydrogen-bond acceptors (Lipinski definition) is 5. The van der Waals surface area contributed by atoms with E-state index in [2.05, 4.69) is 19.1 Å². The lowest BCUT2D eigenvalue weighted by molar-refractivity contribution is -0.134. The van der Waals surface area contributed by atoms with Gasteiger partial charge in [-0.25, -0.2) is 4.79 Å². The maximum Gasteiger partial charge on any atom is 0.339 e. The number of aliphatic hydroxyl groups excluding tert-OH is 2. The summed E-state index contributed by atoms with van der Waals surface area (Å²) in [6.07, 6.45) is 7.06. The first kappa shape index (κ1) is 32.6. The van der Waals surface area contributed by atoms with Gasteiger partial charge in [0.15, 0.2) is 0 Å². The summed E-state index contributed by atoms with van der Waals surface area (Å²) in [6.45, 7) is 13.2. The van der Waals surface area contributed by atoms with Crippen molar-refractivity contribution in [1.29, 1.82) is 0 Å². The predicted molar refractivity (Wildman–Crippen MR) is 149 cm³/mol. The number of allylic oxidation sites excluding steroid dienone is 3. The third-order valence-electron chi connectivity index (χ3n) is 7.80. The van der Waals surface area contributed by atoms with Crippen molar-refractivity contribution >= 4 is 11.8 Å². The van der Waals surface area contributed by atoms with Crippen LogP contribution in [0.4, 0.5) is 0 Å². The monoisotopic (exact) mass is 516 g/mol. The minimum absolute atomic E-state index is 0.112. The van der Waals surface area contributed by atoms with Crippen LogP contribution in [0.5, 0.6) is 5.75 Å². The van der Waals surface area contributed by atoms with Gasteiger partial charge in [-0.3, -0.25) is 4.79 Å². The van der Waals surface area contributed by atoms with Crippen LogP contribution in [0.2, 0.25) is 0 Å². The fourth-order valence-electron chi connectivity index (χ4n) is 5.02. The molecule has 0 aliphatic rings. The number of aliphatic hydroxyl groups is 2. The highest BCUT2D eigenvalue weighted by Gasteiger charge is 2.35. The molecule has 0 saturated heterocycles. The lowest BCUT2D eigenvalue weighted by atomic mass is 9.78. The van der Waals surface area contributed by atoms with Crippen molar-refractivity contribution in [2.45, 2.75) is 106 Å². The molecule has 0 saturated carbocycles. The summed E-state index contributed by atoms with van der Waals surface area (Å²) in [4.78, 5) is 25.1. The third kappa shape index (κ3) is 8.82. The molecule has 0 spiro atoms. The Balaban J connectivity index is 2.92. The molecule has 208 valence electrons. The lowest BCUT2D eigenvalue weighted by Gasteiger charge is -2.30. The number of aromatic carboxylic acids is 1. The largest absolute Gasteiger partial charge is 0.507 e. The molecule has 6 heteroatoms. The fraction of sp³-hybridized carbons (Fsp3) is 0.613. The summed E-state index contributed by atoms with van der Waals surface area (Å²) < 4.78 is 0. The van der Waals surface area contributed by atoms with Gasteiger partial charge in [-0.2, -0.15) is 0 Å². The van der Waals surface area contributed by atoms with Crippen molar-refractivity contribution in [2.24, 2.45) is 17.8 Å². The van der Waals surface area contributed by atoms with Gasteiger partial charge >= 0.3 is 5.97 Å². The molecule has 0 aliphatic heterocycles. The molecule has 0 aliphatic carbocycles. The number of phenols is 1. The predicted octanol–water partition coefficient (Wildman–Crippen LogP) is 6.39. The van der Waals surface area contributed by atoms with E-state index in [0.717, 1.165) is 24.8 Å². The topological polar surface area (TPSA) is 115 Å². The van der Waals surface area contributed by atoms with Gasteiger partial charge in [0.25, 0.3) is 0 Å². The molecule has 4 N–H and O–H groups in total. The van der Waals surface area contributed by atoms with Gasteiger partial charge < -0.3 is 20.4 Å². The van der Waals surface area contributed by atoms with Crippen LogP contribution in [-0.2, 0) is 11.2 Å². The molecule has 5 atom stereocenters. The minimum Gasteiger partial charge on any atom is -0.507 e. The number of carboxylic acids is 1. The highest BCUT2D eigenvalue weighted by atomic mass is 16.4. The second kappa shape index (κ2) is 15.7. The SMILES string of the molecule is C/C=C(\CC)CC/C=C(\CC)C(O)[C@@H](CC)C(=O)[C@H](C)[C@@H](O)[C@H](C)CCc1ccc(C)c(O)c1C(=O)O. The summed E-state index contributed by atoms with van der Waals surface area (Å²) in [6, 6.07) is 3.37. The van der Waals surface area contributed by atoms with Gasteiger partial charge in [-0.05, 0) is 81.4 Å². The first-order valence-electron chi connectivity index (χ1n) is 13.7. The highest BCUT2D eigenvalue weighted by Crippen LogP contribution is 2.30. The van der Waals surface area contributed by atoms with Gasteiger partial charge in [0, 0.05) is 11.8 Å². The molecule has 0 bridgehead atoms. The smallest absolute Gasteiger partial charge is 0.339 e. The summed E-state index contributed by atoms with van der Waals surface area (Å²) in [7, 11) is 0. The second-order valence-corrected chi connectivity index (χ2v) is 10.2. The molecule has 0 heterocycles. The molecule has 0 aromatic heterocycles. The van der Waals surface area contributed by atoms with Gasteiger partial charge in [0.05, 0.1) is 12.2 Å². The molecule has 1 rings (SSSR count). The van der Waals surface area contributed by atoms with E-state index in [0.29, 0.717) is 36.8 Å². The Bertz CT molecular complexity index is 961. The van der Waals surface area contributed by atoms with Crippen LogP contribution in [0, 0.1) is 24.7 Å². The second-order valence-electron chi connectivity index (χ2n) is 10.2. The average molecular weight is 517 g/mol. The molecule has 37 heavy (non-hydrogen) atoms. The zero-order valence-corrected chi connectivity index (χ0v) is 23.8. The van der Waals surface area contributed by atoms with Crippen LogP contribution in [0.3, 0.4) is 0 Å². The fourth-order valence-corrected chi connectivity index (χ4v) is 5.02. The number of carbonyl (C=O) groups excluding carboxylic acids is 1. The summed E-state index contributed by atoms with van der Waals surface area (Å²) in [5, 5.41) is 41.8. The number of benzene rings is 1. The quantitative estimate of drug-likeness (QED) is 0.189. The zero-order chi connectivity index (χ0) is 28.3. The Hall–Kier alpha value is -2.44. The molecule has 0 fully saturated rings. The van der Waals surface area contributed by atoms with E-state index in [1.54, 1.807) is 26.0 Å². The van der Waals surface area contributed by atoms with Crippen LogP contribution >= 0.6 is 0 Å². The van der Waals surface area contributed by atoms with Gasteiger partial charge in [0.1, 0.15) is 17.1 Å². The molecule has 6 nitrogen and oxygen atoms in total. The molecule has 0 radical (unpaired) electrons. The van der Waals surface area contributed by atoms with Crippen LogP contribution in [0.1, 0.15) is 102 Å². The van der Waals surface area contributed by atoms with Crippen molar-refractivity contribution < 1.29 is 30.0 Å². The maximum atomic E-state index is 13.4. The van der Waals surface area contributed by atoms with E-state index in [4.69, 9.17) is 0 Å².